The highest BCUT2D eigenvalue weighted by molar-refractivity contribution is 6.46. The molecule has 0 fully saturated rings. The molecule has 1 N–H and O–H groups in total. The number of hydrogen-bond acceptors (Lipinski definition) is 3. The summed E-state index contributed by atoms with van der Waals surface area (Å²) in [5, 5.41) is 3.69. The van der Waals surface area contributed by atoms with Gasteiger partial charge in [-0.05, 0) is 54.8 Å². The van der Waals surface area contributed by atoms with Gasteiger partial charge in [0.05, 0.1) is 11.3 Å². The van der Waals surface area contributed by atoms with E-state index in [1.807, 2.05) is 62.4 Å². The molecule has 0 aliphatic carbocycles. The minimum absolute atomic E-state index is 0.259. The summed E-state index contributed by atoms with van der Waals surface area (Å²) in [5.41, 5.74) is 4.64. The van der Waals surface area contributed by atoms with Crippen molar-refractivity contribution in [1.29, 1.82) is 0 Å². The molecular weight excluding hydrogens is 384 g/mol. The van der Waals surface area contributed by atoms with E-state index in [2.05, 4.69) is 5.32 Å². The van der Waals surface area contributed by atoms with Crippen molar-refractivity contribution >= 4 is 40.4 Å². The minimum atomic E-state index is -0.406. The maximum Gasteiger partial charge on any atom is 0.282 e. The standard InChI is InChI=1S/C24H19ClN2O2/c1-15-8-6-13-20(16(15)2)26-22-21(17-9-4-3-5-10-17)23(28)27(24(22)29)19-12-7-11-18(25)14-19/h3-14,26H,1-2H3. The molecule has 1 aliphatic rings. The second kappa shape index (κ2) is 7.57. The maximum absolute atomic E-state index is 13.4. The highest BCUT2D eigenvalue weighted by Crippen LogP contribution is 2.35. The normalized spacial score (nSPS) is 14.0. The Balaban J connectivity index is 1.85. The minimum Gasteiger partial charge on any atom is -0.350 e. The zero-order valence-electron chi connectivity index (χ0n) is 16.1. The molecule has 0 unspecified atom stereocenters. The lowest BCUT2D eigenvalue weighted by Crippen LogP contribution is -2.32. The topological polar surface area (TPSA) is 49.4 Å². The quantitative estimate of drug-likeness (QED) is 0.598. The molecule has 1 aliphatic heterocycles. The molecule has 0 radical (unpaired) electrons. The Morgan fingerprint density at radius 3 is 2.28 bits per heavy atom. The van der Waals surface area contributed by atoms with Gasteiger partial charge < -0.3 is 5.32 Å². The number of rotatable bonds is 4. The Hall–Kier alpha value is -3.37. The molecule has 0 atom stereocenters. The summed E-state index contributed by atoms with van der Waals surface area (Å²) in [7, 11) is 0. The SMILES string of the molecule is Cc1cccc(NC2=C(c3ccccc3)C(=O)N(c3cccc(Cl)c3)C2=O)c1C. The molecule has 0 saturated heterocycles. The number of hydrogen-bond donors (Lipinski definition) is 1. The smallest absolute Gasteiger partial charge is 0.282 e. The van der Waals surface area contributed by atoms with Crippen LogP contribution in [0.25, 0.3) is 5.57 Å². The largest absolute Gasteiger partial charge is 0.350 e. The fraction of sp³-hybridized carbons (Fsp3) is 0.0833. The number of anilines is 2. The maximum atomic E-state index is 13.4. The van der Waals surface area contributed by atoms with E-state index in [-0.39, 0.29) is 11.6 Å². The Labute approximate surface area is 174 Å². The first-order chi connectivity index (χ1) is 14.0. The van der Waals surface area contributed by atoms with Crippen LogP contribution in [0, 0.1) is 13.8 Å². The summed E-state index contributed by atoms with van der Waals surface area (Å²) < 4.78 is 0. The molecule has 0 spiro atoms. The van der Waals surface area contributed by atoms with Crippen LogP contribution in [0.5, 0.6) is 0 Å². The van der Waals surface area contributed by atoms with Crippen molar-refractivity contribution < 1.29 is 9.59 Å². The molecular formula is C24H19ClN2O2. The first kappa shape index (κ1) is 19.0. The number of nitrogens with one attached hydrogen (secondary N) is 1. The molecule has 144 valence electrons. The van der Waals surface area contributed by atoms with Gasteiger partial charge in [-0.25, -0.2) is 4.90 Å². The first-order valence-electron chi connectivity index (χ1n) is 9.24. The van der Waals surface area contributed by atoms with Crippen LogP contribution < -0.4 is 10.2 Å². The van der Waals surface area contributed by atoms with Crippen molar-refractivity contribution in [3.8, 4) is 0 Å². The van der Waals surface area contributed by atoms with Gasteiger partial charge in [0.15, 0.2) is 0 Å². The van der Waals surface area contributed by atoms with Gasteiger partial charge in [0.2, 0.25) is 0 Å². The van der Waals surface area contributed by atoms with Crippen molar-refractivity contribution in [2.24, 2.45) is 0 Å². The lowest BCUT2D eigenvalue weighted by molar-refractivity contribution is -0.120. The van der Waals surface area contributed by atoms with E-state index in [1.165, 1.54) is 4.90 Å². The first-order valence-corrected chi connectivity index (χ1v) is 9.62. The summed E-state index contributed by atoms with van der Waals surface area (Å²) in [6.45, 7) is 3.99. The van der Waals surface area contributed by atoms with Gasteiger partial charge in [0.25, 0.3) is 11.8 Å². The summed E-state index contributed by atoms with van der Waals surface area (Å²) in [5.74, 6) is -0.784. The van der Waals surface area contributed by atoms with Crippen LogP contribution in [0.2, 0.25) is 5.02 Å². The summed E-state index contributed by atoms with van der Waals surface area (Å²) in [6.07, 6.45) is 0. The predicted molar refractivity (Wildman–Crippen MR) is 117 cm³/mol. The third kappa shape index (κ3) is 3.43. The number of imide groups is 1. The zero-order chi connectivity index (χ0) is 20.5. The average molecular weight is 403 g/mol. The highest BCUT2D eigenvalue weighted by atomic mass is 35.5. The van der Waals surface area contributed by atoms with Gasteiger partial charge in [-0.2, -0.15) is 0 Å². The van der Waals surface area contributed by atoms with E-state index in [4.69, 9.17) is 11.6 Å². The van der Waals surface area contributed by atoms with Crippen LogP contribution in [0.4, 0.5) is 11.4 Å². The van der Waals surface area contributed by atoms with Crippen molar-refractivity contribution in [3.05, 3.63) is 100 Å². The number of halogens is 1. The zero-order valence-corrected chi connectivity index (χ0v) is 16.8. The van der Waals surface area contributed by atoms with E-state index in [1.54, 1.807) is 24.3 Å². The van der Waals surface area contributed by atoms with Crippen molar-refractivity contribution in [2.75, 3.05) is 10.2 Å². The molecule has 29 heavy (non-hydrogen) atoms. The number of aryl methyl sites for hydroxylation is 1. The Morgan fingerprint density at radius 1 is 0.828 bits per heavy atom. The summed E-state index contributed by atoms with van der Waals surface area (Å²) >= 11 is 6.10. The second-order valence-corrected chi connectivity index (χ2v) is 7.35. The number of nitrogens with zero attached hydrogens (tertiary/aromatic N) is 1. The summed E-state index contributed by atoms with van der Waals surface area (Å²) in [4.78, 5) is 27.9. The molecule has 5 heteroatoms. The van der Waals surface area contributed by atoms with E-state index >= 15 is 0 Å². The molecule has 1 heterocycles. The van der Waals surface area contributed by atoms with Crippen LogP contribution in [0.1, 0.15) is 16.7 Å². The number of benzene rings is 3. The van der Waals surface area contributed by atoms with Gasteiger partial charge in [0.1, 0.15) is 5.70 Å². The number of amides is 2. The predicted octanol–water partition coefficient (Wildman–Crippen LogP) is 5.35. The van der Waals surface area contributed by atoms with Gasteiger partial charge in [-0.15, -0.1) is 0 Å². The highest BCUT2D eigenvalue weighted by Gasteiger charge is 2.40. The molecule has 0 saturated carbocycles. The van der Waals surface area contributed by atoms with Crippen LogP contribution in [-0.4, -0.2) is 11.8 Å². The Morgan fingerprint density at radius 2 is 1.55 bits per heavy atom. The van der Waals surface area contributed by atoms with Gasteiger partial charge in [-0.3, -0.25) is 9.59 Å². The van der Waals surface area contributed by atoms with Crippen LogP contribution in [0.15, 0.2) is 78.5 Å². The molecule has 4 rings (SSSR count). The Kier molecular flexibility index (Phi) is 4.95. The van der Waals surface area contributed by atoms with E-state index < -0.39 is 5.91 Å². The van der Waals surface area contributed by atoms with Crippen LogP contribution >= 0.6 is 11.6 Å². The fourth-order valence-electron chi connectivity index (χ4n) is 3.39. The molecule has 0 aromatic heterocycles. The van der Waals surface area contributed by atoms with E-state index in [0.717, 1.165) is 16.8 Å². The molecule has 4 nitrogen and oxygen atoms in total. The van der Waals surface area contributed by atoms with E-state index in [9.17, 15) is 9.59 Å². The lowest BCUT2D eigenvalue weighted by Gasteiger charge is -2.16. The van der Waals surface area contributed by atoms with E-state index in [0.29, 0.717) is 21.8 Å². The fourth-order valence-corrected chi connectivity index (χ4v) is 3.57. The van der Waals surface area contributed by atoms with Crippen LogP contribution in [-0.2, 0) is 9.59 Å². The van der Waals surface area contributed by atoms with Crippen LogP contribution in [0.3, 0.4) is 0 Å². The molecule has 2 amide bonds. The molecule has 3 aromatic carbocycles. The number of carbonyl (C=O) groups is 2. The molecule has 3 aromatic rings. The lowest BCUT2D eigenvalue weighted by atomic mass is 10.0. The number of carbonyl (C=O) groups excluding carboxylic acids is 2. The average Bonchev–Trinajstić information content (AvgIpc) is 2.96. The third-order valence-electron chi connectivity index (χ3n) is 5.08. The van der Waals surface area contributed by atoms with Gasteiger partial charge in [0, 0.05) is 10.7 Å². The third-order valence-corrected chi connectivity index (χ3v) is 5.31. The Bertz CT molecular complexity index is 1150. The van der Waals surface area contributed by atoms with Crippen molar-refractivity contribution in [3.63, 3.8) is 0 Å². The van der Waals surface area contributed by atoms with Crippen molar-refractivity contribution in [1.82, 2.24) is 0 Å². The van der Waals surface area contributed by atoms with Gasteiger partial charge in [-0.1, -0.05) is 60.1 Å². The molecule has 0 bridgehead atoms. The van der Waals surface area contributed by atoms with Gasteiger partial charge >= 0.3 is 0 Å². The second-order valence-electron chi connectivity index (χ2n) is 6.91. The summed E-state index contributed by atoms with van der Waals surface area (Å²) in [6, 6.07) is 21.8. The van der Waals surface area contributed by atoms with Crippen molar-refractivity contribution in [2.45, 2.75) is 13.8 Å². The monoisotopic (exact) mass is 402 g/mol.